The molecule has 122 valence electrons. The van der Waals surface area contributed by atoms with Crippen molar-refractivity contribution in [2.75, 3.05) is 13.3 Å². The van der Waals surface area contributed by atoms with Crippen LogP contribution in [0.15, 0.2) is 42.5 Å². The number of rotatable bonds is 4. The molecule has 24 heavy (non-hydrogen) atoms. The van der Waals surface area contributed by atoms with E-state index in [0.29, 0.717) is 11.5 Å². The van der Waals surface area contributed by atoms with Crippen LogP contribution in [0.25, 0.3) is 10.9 Å². The molecule has 0 saturated heterocycles. The third kappa shape index (κ3) is 2.36. The summed E-state index contributed by atoms with van der Waals surface area (Å²) < 4.78 is 10.8. The van der Waals surface area contributed by atoms with Gasteiger partial charge in [-0.05, 0) is 36.2 Å². The minimum absolute atomic E-state index is 0.178. The van der Waals surface area contributed by atoms with Gasteiger partial charge < -0.3 is 14.5 Å². The number of para-hydroxylation sites is 1. The average Bonchev–Trinajstić information content (AvgIpc) is 3.15. The first-order valence-electron chi connectivity index (χ1n) is 7.72. The first kappa shape index (κ1) is 14.6. The Morgan fingerprint density at radius 2 is 2.00 bits per heavy atom. The van der Waals surface area contributed by atoms with Gasteiger partial charge in [0.2, 0.25) is 13.3 Å². The number of ether oxygens (including phenoxy) is 2. The Morgan fingerprint density at radius 3 is 2.83 bits per heavy atom. The van der Waals surface area contributed by atoms with Gasteiger partial charge in [-0.1, -0.05) is 24.3 Å². The van der Waals surface area contributed by atoms with E-state index in [-0.39, 0.29) is 24.2 Å². The number of hydrogen-bond donors (Lipinski definition) is 1. The second-order valence-corrected chi connectivity index (χ2v) is 5.89. The third-order valence-corrected chi connectivity index (χ3v) is 4.42. The van der Waals surface area contributed by atoms with Crippen LogP contribution in [0.5, 0.6) is 11.5 Å². The highest BCUT2D eigenvalue weighted by atomic mass is 16.7. The van der Waals surface area contributed by atoms with Crippen molar-refractivity contribution in [2.45, 2.75) is 12.8 Å². The van der Waals surface area contributed by atoms with E-state index in [4.69, 9.17) is 9.47 Å². The van der Waals surface area contributed by atoms with Crippen LogP contribution in [0.1, 0.15) is 22.7 Å². The van der Waals surface area contributed by atoms with Crippen LogP contribution in [0, 0.1) is 17.0 Å². The second kappa shape index (κ2) is 5.56. The fraction of sp³-hybridized carbons (Fsp3) is 0.222. The number of aryl methyl sites for hydroxylation is 1. The lowest BCUT2D eigenvalue weighted by Crippen LogP contribution is -2.14. The predicted octanol–water partition coefficient (Wildman–Crippen LogP) is 3.61. The van der Waals surface area contributed by atoms with Gasteiger partial charge in [0.25, 0.3) is 0 Å². The topological polar surface area (TPSA) is 77.4 Å². The summed E-state index contributed by atoms with van der Waals surface area (Å²) in [6.07, 6.45) is 0. The van der Waals surface area contributed by atoms with Crippen molar-refractivity contribution in [2.24, 2.45) is 0 Å². The Balaban J connectivity index is 1.87. The van der Waals surface area contributed by atoms with Crippen molar-refractivity contribution in [3.63, 3.8) is 0 Å². The lowest BCUT2D eigenvalue weighted by atomic mass is 9.89. The second-order valence-electron chi connectivity index (χ2n) is 5.89. The zero-order valence-electron chi connectivity index (χ0n) is 13.1. The number of aromatic nitrogens is 1. The van der Waals surface area contributed by atoms with E-state index in [2.05, 4.69) is 4.98 Å². The van der Waals surface area contributed by atoms with Crippen LogP contribution in [0.2, 0.25) is 0 Å². The van der Waals surface area contributed by atoms with E-state index in [1.54, 1.807) is 0 Å². The summed E-state index contributed by atoms with van der Waals surface area (Å²) in [4.78, 5) is 14.4. The van der Waals surface area contributed by atoms with Crippen molar-refractivity contribution in [1.82, 2.24) is 4.98 Å². The van der Waals surface area contributed by atoms with Crippen molar-refractivity contribution in [1.29, 1.82) is 0 Å². The van der Waals surface area contributed by atoms with Gasteiger partial charge in [0.05, 0.1) is 5.92 Å². The van der Waals surface area contributed by atoms with Crippen LogP contribution >= 0.6 is 0 Å². The highest BCUT2D eigenvalue weighted by molar-refractivity contribution is 5.85. The summed E-state index contributed by atoms with van der Waals surface area (Å²) in [5.74, 6) is 0.957. The highest BCUT2D eigenvalue weighted by Crippen LogP contribution is 2.39. The van der Waals surface area contributed by atoms with E-state index in [1.807, 2.05) is 49.4 Å². The molecule has 1 aliphatic heterocycles. The standard InChI is InChI=1S/C18H16N2O4/c1-11-18(13-4-2-3-5-15(13)19-11)14(9-20(21)22)12-6-7-16-17(8-12)24-10-23-16/h2-8,14,19H,9-10H2,1H3. The number of nitrogens with zero attached hydrogens (tertiary/aromatic N) is 1. The quantitative estimate of drug-likeness (QED) is 0.587. The first-order valence-corrected chi connectivity index (χ1v) is 7.72. The fourth-order valence-electron chi connectivity index (χ4n) is 3.39. The van der Waals surface area contributed by atoms with Gasteiger partial charge >= 0.3 is 0 Å². The van der Waals surface area contributed by atoms with Crippen molar-refractivity contribution in [3.8, 4) is 11.5 Å². The van der Waals surface area contributed by atoms with Crippen LogP contribution in [-0.4, -0.2) is 23.2 Å². The molecule has 0 amide bonds. The predicted molar refractivity (Wildman–Crippen MR) is 89.3 cm³/mol. The normalized spacial score (nSPS) is 14.0. The molecule has 0 spiro atoms. The monoisotopic (exact) mass is 324 g/mol. The maximum absolute atomic E-state index is 11.3. The van der Waals surface area contributed by atoms with Gasteiger partial charge in [-0.25, -0.2) is 0 Å². The molecule has 3 aromatic rings. The van der Waals surface area contributed by atoms with E-state index in [0.717, 1.165) is 27.7 Å². The lowest BCUT2D eigenvalue weighted by Gasteiger charge is -2.15. The SMILES string of the molecule is Cc1[nH]c2ccccc2c1C(C[N+](=O)[O-])c1ccc2c(c1)OCO2. The van der Waals surface area contributed by atoms with E-state index in [9.17, 15) is 10.1 Å². The summed E-state index contributed by atoms with van der Waals surface area (Å²) >= 11 is 0. The highest BCUT2D eigenvalue weighted by Gasteiger charge is 2.27. The molecule has 2 heterocycles. The van der Waals surface area contributed by atoms with Crippen LogP contribution in [0.4, 0.5) is 0 Å². The molecule has 0 radical (unpaired) electrons. The van der Waals surface area contributed by atoms with Crippen molar-refractivity contribution >= 4 is 10.9 Å². The molecule has 1 unspecified atom stereocenters. The Labute approximate surface area is 138 Å². The largest absolute Gasteiger partial charge is 0.454 e. The Bertz CT molecular complexity index is 932. The van der Waals surface area contributed by atoms with Gasteiger partial charge in [0.1, 0.15) is 0 Å². The number of H-pyrrole nitrogens is 1. The number of benzene rings is 2. The van der Waals surface area contributed by atoms with Gasteiger partial charge in [0, 0.05) is 21.5 Å². The van der Waals surface area contributed by atoms with Gasteiger partial charge in [-0.15, -0.1) is 0 Å². The maximum Gasteiger partial charge on any atom is 0.231 e. The van der Waals surface area contributed by atoms with Crippen LogP contribution in [0.3, 0.4) is 0 Å². The van der Waals surface area contributed by atoms with Gasteiger partial charge in [-0.3, -0.25) is 10.1 Å². The minimum atomic E-state index is -0.356. The number of fused-ring (bicyclic) bond motifs is 2. The molecule has 1 aromatic heterocycles. The summed E-state index contributed by atoms with van der Waals surface area (Å²) in [6, 6.07) is 13.4. The summed E-state index contributed by atoms with van der Waals surface area (Å²) in [6.45, 7) is 1.96. The molecule has 2 aromatic carbocycles. The molecule has 1 N–H and O–H groups in total. The maximum atomic E-state index is 11.3. The fourth-order valence-corrected chi connectivity index (χ4v) is 3.39. The zero-order chi connectivity index (χ0) is 16.7. The Kier molecular flexibility index (Phi) is 3.37. The lowest BCUT2D eigenvalue weighted by molar-refractivity contribution is -0.481. The third-order valence-electron chi connectivity index (χ3n) is 4.42. The van der Waals surface area contributed by atoms with E-state index < -0.39 is 0 Å². The van der Waals surface area contributed by atoms with Crippen molar-refractivity contribution in [3.05, 3.63) is 69.4 Å². The van der Waals surface area contributed by atoms with Crippen molar-refractivity contribution < 1.29 is 14.4 Å². The van der Waals surface area contributed by atoms with E-state index in [1.165, 1.54) is 0 Å². The molecule has 0 bridgehead atoms. The van der Waals surface area contributed by atoms with Crippen LogP contribution < -0.4 is 9.47 Å². The molecule has 6 nitrogen and oxygen atoms in total. The molecule has 1 atom stereocenters. The molecule has 0 fully saturated rings. The summed E-state index contributed by atoms with van der Waals surface area (Å²) in [5, 5.41) is 12.3. The number of nitrogens with one attached hydrogen (secondary N) is 1. The van der Waals surface area contributed by atoms with Crippen LogP contribution in [-0.2, 0) is 0 Å². The molecular weight excluding hydrogens is 308 g/mol. The molecule has 0 saturated carbocycles. The zero-order valence-corrected chi connectivity index (χ0v) is 13.1. The number of nitro groups is 1. The number of aromatic amines is 1. The summed E-state index contributed by atoms with van der Waals surface area (Å²) in [7, 11) is 0. The summed E-state index contributed by atoms with van der Waals surface area (Å²) in [5.41, 5.74) is 3.74. The Hall–Kier alpha value is -3.02. The van der Waals surface area contributed by atoms with Gasteiger partial charge in [-0.2, -0.15) is 0 Å². The Morgan fingerprint density at radius 1 is 1.21 bits per heavy atom. The number of hydrogen-bond acceptors (Lipinski definition) is 4. The molecule has 6 heteroatoms. The first-order chi connectivity index (χ1) is 11.6. The van der Waals surface area contributed by atoms with Gasteiger partial charge in [0.15, 0.2) is 11.5 Å². The minimum Gasteiger partial charge on any atom is -0.454 e. The molecule has 4 rings (SSSR count). The smallest absolute Gasteiger partial charge is 0.231 e. The molecular formula is C18H16N2O4. The molecule has 0 aliphatic carbocycles. The molecule has 1 aliphatic rings. The average molecular weight is 324 g/mol. The van der Waals surface area contributed by atoms with E-state index >= 15 is 0 Å².